The van der Waals surface area contributed by atoms with Crippen LogP contribution in [-0.2, 0) is 16.1 Å². The number of aliphatic hydroxyl groups is 2. The number of halogens is 3. The number of epoxide rings is 1. The highest BCUT2D eigenvalue weighted by molar-refractivity contribution is 6.34. The smallest absolute Gasteiger partial charge is 0.173 e. The van der Waals surface area contributed by atoms with E-state index in [0.29, 0.717) is 30.5 Å². The van der Waals surface area contributed by atoms with E-state index in [-0.39, 0.29) is 53.5 Å². The largest absolute Gasteiger partial charge is 0.488 e. The first-order chi connectivity index (χ1) is 20.5. The van der Waals surface area contributed by atoms with Crippen molar-refractivity contribution in [2.75, 3.05) is 26.4 Å². The van der Waals surface area contributed by atoms with Gasteiger partial charge in [0.2, 0.25) is 0 Å². The zero-order valence-electron chi connectivity index (χ0n) is 24.3. The summed E-state index contributed by atoms with van der Waals surface area (Å²) >= 11 is 6.71. The highest BCUT2D eigenvalue weighted by atomic mass is 35.5. The minimum absolute atomic E-state index is 0.0158. The monoisotopic (exact) mass is 614 g/mol. The van der Waals surface area contributed by atoms with Crippen molar-refractivity contribution in [3.05, 3.63) is 81.9 Å². The van der Waals surface area contributed by atoms with E-state index in [0.717, 1.165) is 18.4 Å². The van der Waals surface area contributed by atoms with Crippen molar-refractivity contribution in [3.8, 4) is 22.6 Å². The van der Waals surface area contributed by atoms with Crippen molar-refractivity contribution in [1.82, 2.24) is 5.32 Å². The molecule has 230 valence electrons. The Morgan fingerprint density at radius 3 is 2.47 bits per heavy atom. The van der Waals surface area contributed by atoms with Crippen LogP contribution in [0.5, 0.6) is 11.5 Å². The number of fused-ring (bicyclic) bond motifs is 1. The molecule has 43 heavy (non-hydrogen) atoms. The zero-order valence-corrected chi connectivity index (χ0v) is 25.0. The van der Waals surface area contributed by atoms with Crippen molar-refractivity contribution in [1.29, 1.82) is 0 Å². The van der Waals surface area contributed by atoms with Gasteiger partial charge in [0.15, 0.2) is 22.9 Å². The van der Waals surface area contributed by atoms with Gasteiger partial charge in [-0.25, -0.2) is 8.78 Å². The van der Waals surface area contributed by atoms with E-state index >= 15 is 8.78 Å². The molecular formula is C33H37ClF2N2O5. The third-order valence-electron chi connectivity index (χ3n) is 9.24. The minimum atomic E-state index is -1.27. The molecule has 2 heterocycles. The number of benzene rings is 3. The Morgan fingerprint density at radius 2 is 1.81 bits per heavy atom. The molecule has 7 nitrogen and oxygen atoms in total. The summed E-state index contributed by atoms with van der Waals surface area (Å²) in [5.41, 5.74) is 5.36. The molecule has 5 N–H and O–H groups in total. The lowest BCUT2D eigenvalue weighted by Crippen LogP contribution is -2.49. The second-order valence-electron chi connectivity index (χ2n) is 12.2. The summed E-state index contributed by atoms with van der Waals surface area (Å²) in [4.78, 5) is 0. The van der Waals surface area contributed by atoms with Gasteiger partial charge in [-0.2, -0.15) is 0 Å². The molecular weight excluding hydrogens is 578 g/mol. The third kappa shape index (κ3) is 5.41. The number of nitrogens with two attached hydrogens (primary N) is 1. The number of hydrogen-bond donors (Lipinski definition) is 4. The van der Waals surface area contributed by atoms with Crippen molar-refractivity contribution in [2.45, 2.75) is 68.4 Å². The number of hydrogen-bond acceptors (Lipinski definition) is 7. The molecule has 3 aliphatic rings. The highest BCUT2D eigenvalue weighted by Gasteiger charge is 2.52. The Bertz CT molecular complexity index is 1510. The molecule has 10 heteroatoms. The summed E-state index contributed by atoms with van der Waals surface area (Å²) in [7, 11) is 0. The lowest BCUT2D eigenvalue weighted by atomic mass is 9.76. The van der Waals surface area contributed by atoms with E-state index in [4.69, 9.17) is 31.5 Å². The summed E-state index contributed by atoms with van der Waals surface area (Å²) in [5, 5.41) is 23.1. The molecule has 0 spiro atoms. The lowest BCUT2D eigenvalue weighted by Gasteiger charge is -2.38. The van der Waals surface area contributed by atoms with E-state index in [1.54, 1.807) is 6.07 Å². The van der Waals surface area contributed by atoms with Crippen LogP contribution in [0.1, 0.15) is 62.1 Å². The Balaban J connectivity index is 1.48. The lowest BCUT2D eigenvalue weighted by molar-refractivity contribution is 0.00890. The van der Waals surface area contributed by atoms with Crippen LogP contribution in [0.15, 0.2) is 48.5 Å². The summed E-state index contributed by atoms with van der Waals surface area (Å²) in [5.74, 6) is -1.82. The Hall–Kier alpha value is -2.79. The summed E-state index contributed by atoms with van der Waals surface area (Å²) in [6.45, 7) is 3.93. The molecule has 6 rings (SSSR count). The van der Waals surface area contributed by atoms with Crippen LogP contribution in [0.4, 0.5) is 8.78 Å². The fraction of sp³-hybridized carbons (Fsp3) is 0.455. The molecule has 3 aromatic rings. The van der Waals surface area contributed by atoms with Crippen LogP contribution in [0.3, 0.4) is 0 Å². The minimum Gasteiger partial charge on any atom is -0.488 e. The molecule has 0 bridgehead atoms. The maximum Gasteiger partial charge on any atom is 0.173 e. The average molecular weight is 615 g/mol. The van der Waals surface area contributed by atoms with Gasteiger partial charge in [0.1, 0.15) is 18.2 Å². The van der Waals surface area contributed by atoms with Crippen LogP contribution in [0.2, 0.25) is 5.02 Å². The quantitative estimate of drug-likeness (QED) is 0.237. The van der Waals surface area contributed by atoms with Crippen LogP contribution in [0.25, 0.3) is 11.1 Å². The first-order valence-electron chi connectivity index (χ1n) is 14.7. The molecule has 2 fully saturated rings. The number of ether oxygens (including phenoxy) is 3. The van der Waals surface area contributed by atoms with Gasteiger partial charge >= 0.3 is 0 Å². The van der Waals surface area contributed by atoms with Gasteiger partial charge in [-0.1, -0.05) is 54.9 Å². The Morgan fingerprint density at radius 1 is 1.12 bits per heavy atom. The van der Waals surface area contributed by atoms with Crippen molar-refractivity contribution in [3.63, 3.8) is 0 Å². The van der Waals surface area contributed by atoms with Crippen LogP contribution < -0.4 is 20.5 Å². The SMILES string of the molecule is C[C@H]1c2c(cc(F)c(Cl)c2-c2c(C3(N)CO3)ccc(OCCO)c2F)O[C@]1(CNC1CCC(C)(O)CC1)c1ccccc1. The molecule has 3 atom stereocenters. The van der Waals surface area contributed by atoms with E-state index in [1.165, 1.54) is 12.1 Å². The normalized spacial score (nSPS) is 29.7. The second-order valence-corrected chi connectivity index (χ2v) is 12.6. The summed E-state index contributed by atoms with van der Waals surface area (Å²) < 4.78 is 49.8. The second kappa shape index (κ2) is 11.3. The van der Waals surface area contributed by atoms with E-state index in [2.05, 4.69) is 5.32 Å². The van der Waals surface area contributed by atoms with Gasteiger partial charge < -0.3 is 29.7 Å². The average Bonchev–Trinajstić information content (AvgIpc) is 3.68. The Kier molecular flexibility index (Phi) is 7.94. The molecule has 3 aromatic carbocycles. The molecule has 2 aliphatic heterocycles. The predicted octanol–water partition coefficient (Wildman–Crippen LogP) is 5.47. The third-order valence-corrected chi connectivity index (χ3v) is 9.61. The predicted molar refractivity (Wildman–Crippen MR) is 159 cm³/mol. The van der Waals surface area contributed by atoms with Gasteiger partial charge in [0.25, 0.3) is 0 Å². The summed E-state index contributed by atoms with van der Waals surface area (Å²) in [6.07, 6.45) is 2.98. The maximum atomic E-state index is 16.4. The van der Waals surface area contributed by atoms with Gasteiger partial charge in [0, 0.05) is 46.8 Å². The fourth-order valence-electron chi connectivity index (χ4n) is 6.61. The van der Waals surface area contributed by atoms with Crippen molar-refractivity contribution in [2.24, 2.45) is 5.73 Å². The van der Waals surface area contributed by atoms with Crippen LogP contribution in [0, 0.1) is 11.6 Å². The van der Waals surface area contributed by atoms with Gasteiger partial charge in [-0.15, -0.1) is 0 Å². The molecule has 0 radical (unpaired) electrons. The topological polar surface area (TPSA) is 110 Å². The molecule has 1 saturated heterocycles. The molecule has 1 saturated carbocycles. The molecule has 0 amide bonds. The van der Waals surface area contributed by atoms with Gasteiger partial charge in [-0.3, -0.25) is 5.73 Å². The highest BCUT2D eigenvalue weighted by Crippen LogP contribution is 2.57. The first-order valence-corrected chi connectivity index (χ1v) is 15.1. The van der Waals surface area contributed by atoms with E-state index < -0.39 is 34.5 Å². The number of rotatable bonds is 9. The van der Waals surface area contributed by atoms with Crippen molar-refractivity contribution >= 4 is 11.6 Å². The Labute approximate surface area is 254 Å². The zero-order chi connectivity index (χ0) is 30.6. The van der Waals surface area contributed by atoms with E-state index in [9.17, 15) is 10.2 Å². The summed E-state index contributed by atoms with van der Waals surface area (Å²) in [6, 6.07) is 14.1. The molecule has 1 unspecified atom stereocenters. The molecule has 1 aliphatic carbocycles. The van der Waals surface area contributed by atoms with Crippen molar-refractivity contribution < 1.29 is 33.2 Å². The fourth-order valence-corrected chi connectivity index (χ4v) is 6.86. The standard InChI is InChI=1S/C33H37ClF2N2O5/c1-19-26-25(43-32(19,20-6-4-3-5-7-20)17-38-21-10-12-31(2,40)13-11-21)16-23(35)29(34)28(26)27-22(33(37)18-42-33)8-9-24(30(27)36)41-15-14-39/h3-9,16,19,21,38-40H,10-15,17-18,37H2,1-2H3/t19-,21?,31?,32-,33?/m0/s1. The van der Waals surface area contributed by atoms with Crippen LogP contribution >= 0.6 is 11.6 Å². The molecule has 0 aromatic heterocycles. The number of nitrogens with one attached hydrogen (secondary N) is 1. The van der Waals surface area contributed by atoms with Crippen LogP contribution in [-0.4, -0.2) is 48.2 Å². The number of aliphatic hydroxyl groups excluding tert-OH is 1. The first kappa shape index (κ1) is 30.2. The maximum absolute atomic E-state index is 16.4. The van der Waals surface area contributed by atoms with Gasteiger partial charge in [-0.05, 0) is 44.2 Å². The van der Waals surface area contributed by atoms with Gasteiger partial charge in [0.05, 0.1) is 23.8 Å². The van der Waals surface area contributed by atoms with E-state index in [1.807, 2.05) is 44.2 Å².